The molecule has 2 aromatic heterocycles. The number of aryl methyl sites for hydroxylation is 1. The average Bonchev–Trinajstić information content (AvgIpc) is 3.28. The molecule has 5 rings (SSSR count). The lowest BCUT2D eigenvalue weighted by Gasteiger charge is -2.34. The number of hydrogen-bond acceptors (Lipinski definition) is 6. The number of carbonyl (C=O) groups excluding carboxylic acids is 2. The number of carbonyl (C=O) groups is 2. The number of nitrogens with one attached hydrogen (secondary N) is 1. The van der Waals surface area contributed by atoms with Gasteiger partial charge in [0.15, 0.2) is 5.82 Å². The number of aromatic nitrogens is 2. The number of anilines is 1. The van der Waals surface area contributed by atoms with Gasteiger partial charge in [0, 0.05) is 48.2 Å². The van der Waals surface area contributed by atoms with Gasteiger partial charge in [-0.2, -0.15) is 0 Å². The van der Waals surface area contributed by atoms with Crippen LogP contribution in [0.15, 0.2) is 65.2 Å². The minimum atomic E-state index is -0.161. The Labute approximate surface area is 207 Å². The van der Waals surface area contributed by atoms with Gasteiger partial charge in [-0.25, -0.2) is 4.98 Å². The predicted molar refractivity (Wildman–Crippen MR) is 134 cm³/mol. The summed E-state index contributed by atoms with van der Waals surface area (Å²) >= 11 is 6.04. The molecule has 1 saturated heterocycles. The van der Waals surface area contributed by atoms with Crippen molar-refractivity contribution in [3.05, 3.63) is 77.0 Å². The zero-order valence-electron chi connectivity index (χ0n) is 19.2. The van der Waals surface area contributed by atoms with Gasteiger partial charge in [0.1, 0.15) is 5.76 Å². The van der Waals surface area contributed by atoms with E-state index >= 15 is 0 Å². The first-order chi connectivity index (χ1) is 17.0. The Morgan fingerprint density at radius 2 is 1.77 bits per heavy atom. The number of nitrogens with zero attached hydrogens (tertiary/aromatic N) is 4. The molecule has 2 amide bonds. The van der Waals surface area contributed by atoms with E-state index in [-0.39, 0.29) is 18.4 Å². The molecule has 1 fully saturated rings. The van der Waals surface area contributed by atoms with Crippen molar-refractivity contribution in [1.82, 2.24) is 19.9 Å². The molecule has 0 spiro atoms. The molecule has 0 unspecified atom stereocenters. The summed E-state index contributed by atoms with van der Waals surface area (Å²) in [4.78, 5) is 34.5. The zero-order chi connectivity index (χ0) is 24.4. The maximum absolute atomic E-state index is 13.6. The van der Waals surface area contributed by atoms with Crippen LogP contribution in [0.25, 0.3) is 22.2 Å². The van der Waals surface area contributed by atoms with Crippen LogP contribution in [-0.2, 0) is 4.79 Å². The molecule has 0 saturated carbocycles. The summed E-state index contributed by atoms with van der Waals surface area (Å²) in [6.07, 6.45) is 0. The molecule has 8 nitrogen and oxygen atoms in total. The third kappa shape index (κ3) is 5.18. The van der Waals surface area contributed by atoms with Gasteiger partial charge in [0.25, 0.3) is 5.91 Å². The fourth-order valence-corrected chi connectivity index (χ4v) is 4.34. The minimum absolute atomic E-state index is 0.0408. The Morgan fingerprint density at radius 1 is 1.03 bits per heavy atom. The Kier molecular flexibility index (Phi) is 6.48. The van der Waals surface area contributed by atoms with E-state index in [4.69, 9.17) is 21.1 Å². The molecule has 4 aromatic rings. The van der Waals surface area contributed by atoms with E-state index in [2.05, 4.69) is 10.5 Å². The Morgan fingerprint density at radius 3 is 2.49 bits per heavy atom. The topological polar surface area (TPSA) is 91.6 Å². The SMILES string of the molecule is Cc1cc(NC(=O)CN2CCN(C(=O)c3cc(-c4ccc(Cl)cc4)nc4ccccc34)CC2)no1. The number of rotatable bonds is 5. The van der Waals surface area contributed by atoms with E-state index in [0.717, 1.165) is 22.2 Å². The third-order valence-electron chi connectivity index (χ3n) is 6.01. The largest absolute Gasteiger partial charge is 0.360 e. The van der Waals surface area contributed by atoms with Gasteiger partial charge < -0.3 is 14.7 Å². The van der Waals surface area contributed by atoms with Crippen molar-refractivity contribution in [2.45, 2.75) is 6.92 Å². The number of piperazine rings is 1. The molecule has 178 valence electrons. The molecular formula is C26H24ClN5O3. The van der Waals surface area contributed by atoms with E-state index in [1.807, 2.05) is 64.4 Å². The Balaban J connectivity index is 1.30. The van der Waals surface area contributed by atoms with Crippen LogP contribution in [0.5, 0.6) is 0 Å². The summed E-state index contributed by atoms with van der Waals surface area (Å²) in [7, 11) is 0. The van der Waals surface area contributed by atoms with Gasteiger partial charge in [-0.3, -0.25) is 14.5 Å². The van der Waals surface area contributed by atoms with Gasteiger partial charge in [0.2, 0.25) is 5.91 Å². The second kappa shape index (κ2) is 9.85. The normalized spacial score (nSPS) is 14.3. The summed E-state index contributed by atoms with van der Waals surface area (Å²) in [5.41, 5.74) is 3.00. The molecule has 35 heavy (non-hydrogen) atoms. The monoisotopic (exact) mass is 489 g/mol. The lowest BCUT2D eigenvalue weighted by atomic mass is 10.0. The highest BCUT2D eigenvalue weighted by atomic mass is 35.5. The van der Waals surface area contributed by atoms with Crippen LogP contribution >= 0.6 is 11.6 Å². The molecule has 1 aliphatic rings. The van der Waals surface area contributed by atoms with Crippen LogP contribution in [0.2, 0.25) is 5.02 Å². The van der Waals surface area contributed by atoms with E-state index in [9.17, 15) is 9.59 Å². The van der Waals surface area contributed by atoms with Crippen molar-refractivity contribution in [3.63, 3.8) is 0 Å². The number of halogens is 1. The fourth-order valence-electron chi connectivity index (χ4n) is 4.21. The van der Waals surface area contributed by atoms with Crippen LogP contribution in [0.1, 0.15) is 16.1 Å². The molecule has 1 aliphatic heterocycles. The smallest absolute Gasteiger partial charge is 0.254 e. The van der Waals surface area contributed by atoms with Crippen molar-refractivity contribution in [2.75, 3.05) is 38.0 Å². The number of amides is 2. The van der Waals surface area contributed by atoms with Crippen LogP contribution in [-0.4, -0.2) is 64.5 Å². The van der Waals surface area contributed by atoms with Crippen molar-refractivity contribution < 1.29 is 14.1 Å². The number of para-hydroxylation sites is 1. The van der Waals surface area contributed by atoms with Crippen molar-refractivity contribution >= 4 is 40.1 Å². The summed E-state index contributed by atoms with van der Waals surface area (Å²) in [6, 6.07) is 18.6. The zero-order valence-corrected chi connectivity index (χ0v) is 20.0. The summed E-state index contributed by atoms with van der Waals surface area (Å²) in [5, 5.41) is 7.99. The minimum Gasteiger partial charge on any atom is -0.360 e. The maximum Gasteiger partial charge on any atom is 0.254 e. The molecule has 0 atom stereocenters. The van der Waals surface area contributed by atoms with Crippen LogP contribution in [0.4, 0.5) is 5.82 Å². The lowest BCUT2D eigenvalue weighted by molar-refractivity contribution is -0.117. The van der Waals surface area contributed by atoms with Crippen molar-refractivity contribution in [3.8, 4) is 11.3 Å². The molecule has 0 radical (unpaired) electrons. The quantitative estimate of drug-likeness (QED) is 0.450. The summed E-state index contributed by atoms with van der Waals surface area (Å²) < 4.78 is 4.98. The maximum atomic E-state index is 13.6. The first kappa shape index (κ1) is 23.0. The van der Waals surface area contributed by atoms with E-state index in [0.29, 0.717) is 48.3 Å². The number of benzene rings is 2. The second-order valence-electron chi connectivity index (χ2n) is 8.52. The third-order valence-corrected chi connectivity index (χ3v) is 6.26. The van der Waals surface area contributed by atoms with Crippen LogP contribution in [0, 0.1) is 6.92 Å². The van der Waals surface area contributed by atoms with Crippen LogP contribution < -0.4 is 5.32 Å². The predicted octanol–water partition coefficient (Wildman–Crippen LogP) is 4.25. The summed E-state index contributed by atoms with van der Waals surface area (Å²) in [6.45, 7) is 4.26. The highest BCUT2D eigenvalue weighted by molar-refractivity contribution is 6.30. The standard InChI is InChI=1S/C26H24ClN5O3/c1-17-14-24(30-35-17)29-25(33)16-31-10-12-32(13-11-31)26(34)21-15-23(18-6-8-19(27)9-7-18)28-22-5-3-2-4-20(21)22/h2-9,14-15H,10-13,16H2,1H3,(H,29,30,33). The fraction of sp³-hybridized carbons (Fsp3) is 0.231. The Hall–Kier alpha value is -3.75. The molecule has 1 N–H and O–H groups in total. The second-order valence-corrected chi connectivity index (χ2v) is 8.95. The van der Waals surface area contributed by atoms with Gasteiger partial charge in [-0.05, 0) is 31.2 Å². The van der Waals surface area contributed by atoms with Crippen molar-refractivity contribution in [2.24, 2.45) is 0 Å². The Bertz CT molecular complexity index is 1380. The molecular weight excluding hydrogens is 466 g/mol. The molecule has 0 aliphatic carbocycles. The number of pyridine rings is 1. The first-order valence-electron chi connectivity index (χ1n) is 11.4. The van der Waals surface area contributed by atoms with Gasteiger partial charge in [-0.15, -0.1) is 0 Å². The first-order valence-corrected chi connectivity index (χ1v) is 11.7. The van der Waals surface area contributed by atoms with Crippen LogP contribution in [0.3, 0.4) is 0 Å². The highest BCUT2D eigenvalue weighted by Gasteiger charge is 2.25. The number of hydrogen-bond donors (Lipinski definition) is 1. The lowest BCUT2D eigenvalue weighted by Crippen LogP contribution is -2.50. The highest BCUT2D eigenvalue weighted by Crippen LogP contribution is 2.27. The molecule has 3 heterocycles. The summed E-state index contributed by atoms with van der Waals surface area (Å²) in [5.74, 6) is 0.837. The van der Waals surface area contributed by atoms with Crippen molar-refractivity contribution in [1.29, 1.82) is 0 Å². The average molecular weight is 490 g/mol. The van der Waals surface area contributed by atoms with Gasteiger partial charge in [0.05, 0.1) is 23.3 Å². The molecule has 2 aromatic carbocycles. The van der Waals surface area contributed by atoms with Gasteiger partial charge in [-0.1, -0.05) is 47.1 Å². The van der Waals surface area contributed by atoms with E-state index < -0.39 is 0 Å². The number of fused-ring (bicyclic) bond motifs is 1. The van der Waals surface area contributed by atoms with E-state index in [1.54, 1.807) is 13.0 Å². The van der Waals surface area contributed by atoms with E-state index in [1.165, 1.54) is 0 Å². The molecule has 9 heteroatoms. The molecule has 0 bridgehead atoms. The van der Waals surface area contributed by atoms with Gasteiger partial charge >= 0.3 is 0 Å².